The monoisotopic (exact) mass is 506 g/mol. The summed E-state index contributed by atoms with van der Waals surface area (Å²) in [4.78, 5) is 4.47. The molecular formula is C36H46N2. The molecule has 0 amide bonds. The van der Waals surface area contributed by atoms with E-state index in [1.165, 1.54) is 103 Å². The highest BCUT2D eigenvalue weighted by atomic mass is 14.6. The first-order chi connectivity index (χ1) is 18.5. The lowest BCUT2D eigenvalue weighted by Crippen LogP contribution is -2.32. The number of nitrogens with zero attached hydrogens (tertiary/aromatic N) is 1. The zero-order valence-electron chi connectivity index (χ0n) is 23.9. The van der Waals surface area contributed by atoms with E-state index in [2.05, 4.69) is 80.4 Å². The van der Waals surface area contributed by atoms with Crippen molar-refractivity contribution in [3.8, 4) is 0 Å². The number of hydrogen-bond acceptors (Lipinski definition) is 2. The van der Waals surface area contributed by atoms with Crippen LogP contribution in [0, 0.1) is 10.8 Å². The molecule has 38 heavy (non-hydrogen) atoms. The Bertz CT molecular complexity index is 1250. The summed E-state index contributed by atoms with van der Waals surface area (Å²) >= 11 is 0. The van der Waals surface area contributed by atoms with Crippen molar-refractivity contribution in [2.24, 2.45) is 16.6 Å². The van der Waals surface area contributed by atoms with Crippen LogP contribution in [0.4, 0.5) is 0 Å². The fourth-order valence-corrected chi connectivity index (χ4v) is 7.14. The van der Waals surface area contributed by atoms with Crippen LogP contribution in [0.2, 0.25) is 0 Å². The summed E-state index contributed by atoms with van der Waals surface area (Å²) in [6, 6.07) is 4.28. The maximum Gasteiger partial charge on any atom is 0.0372 e. The molecule has 0 saturated heterocycles. The second kappa shape index (κ2) is 11.5. The zero-order chi connectivity index (χ0) is 26.6. The number of allylic oxidation sites excluding steroid dienone is 14. The first-order valence-electron chi connectivity index (χ1n) is 15.1. The number of aromatic nitrogens is 1. The summed E-state index contributed by atoms with van der Waals surface area (Å²) in [5.41, 5.74) is 17.0. The van der Waals surface area contributed by atoms with E-state index in [1.54, 1.807) is 0 Å². The van der Waals surface area contributed by atoms with Crippen molar-refractivity contribution in [2.75, 3.05) is 0 Å². The van der Waals surface area contributed by atoms with E-state index < -0.39 is 0 Å². The van der Waals surface area contributed by atoms with Crippen LogP contribution in [0.15, 0.2) is 101 Å². The first kappa shape index (κ1) is 26.7. The topological polar surface area (TPSA) is 38.9 Å². The number of nitrogens with two attached hydrogens (primary N) is 1. The molecule has 1 aromatic rings. The third-order valence-electron chi connectivity index (χ3n) is 9.33. The van der Waals surface area contributed by atoms with E-state index in [0.717, 1.165) is 18.5 Å². The lowest BCUT2D eigenvalue weighted by atomic mass is 9.60. The van der Waals surface area contributed by atoms with Gasteiger partial charge in [0.2, 0.25) is 0 Å². The minimum atomic E-state index is -0.131. The Hall–Kier alpha value is -2.87. The van der Waals surface area contributed by atoms with Gasteiger partial charge in [0.1, 0.15) is 0 Å². The maximum atomic E-state index is 6.37. The average Bonchev–Trinajstić information content (AvgIpc) is 3.22. The summed E-state index contributed by atoms with van der Waals surface area (Å²) in [6.45, 7) is 7.07. The summed E-state index contributed by atoms with van der Waals surface area (Å²) in [6.07, 6.45) is 36.0. The van der Waals surface area contributed by atoms with Gasteiger partial charge in [-0.05, 0) is 70.9 Å². The van der Waals surface area contributed by atoms with Crippen LogP contribution in [-0.4, -0.2) is 4.98 Å². The largest absolute Gasteiger partial charge is 0.402 e. The van der Waals surface area contributed by atoms with Gasteiger partial charge >= 0.3 is 0 Å². The minimum absolute atomic E-state index is 0.0625. The molecule has 2 atom stereocenters. The highest BCUT2D eigenvalue weighted by Gasteiger charge is 2.46. The highest BCUT2D eigenvalue weighted by Crippen LogP contribution is 2.60. The molecule has 1 heterocycles. The zero-order valence-corrected chi connectivity index (χ0v) is 23.9. The smallest absolute Gasteiger partial charge is 0.0372 e. The quantitative estimate of drug-likeness (QED) is 0.287. The Balaban J connectivity index is 1.36. The van der Waals surface area contributed by atoms with Gasteiger partial charge in [-0.2, -0.15) is 0 Å². The van der Waals surface area contributed by atoms with Crippen molar-refractivity contribution < 1.29 is 0 Å². The van der Waals surface area contributed by atoms with Gasteiger partial charge in [0.05, 0.1) is 0 Å². The molecule has 5 rings (SSSR count). The Labute approximate surface area is 230 Å². The second-order valence-corrected chi connectivity index (χ2v) is 12.2. The fraction of sp³-hybridized carbons (Fsp3) is 0.472. The molecule has 200 valence electrons. The Kier molecular flexibility index (Phi) is 8.07. The van der Waals surface area contributed by atoms with Crippen molar-refractivity contribution in [1.82, 2.24) is 4.98 Å². The van der Waals surface area contributed by atoms with E-state index in [0.29, 0.717) is 0 Å². The molecule has 0 radical (unpaired) electrons. The summed E-state index contributed by atoms with van der Waals surface area (Å²) in [5.74, 6) is 0. The molecule has 2 heteroatoms. The molecule has 0 spiro atoms. The van der Waals surface area contributed by atoms with Crippen molar-refractivity contribution >= 4 is 5.57 Å². The predicted octanol–water partition coefficient (Wildman–Crippen LogP) is 9.71. The molecule has 4 aliphatic carbocycles. The van der Waals surface area contributed by atoms with Crippen LogP contribution >= 0.6 is 0 Å². The molecular weight excluding hydrogens is 460 g/mol. The van der Waals surface area contributed by atoms with Gasteiger partial charge in [-0.25, -0.2) is 0 Å². The Morgan fingerprint density at radius 3 is 2.34 bits per heavy atom. The molecule has 0 aromatic carbocycles. The van der Waals surface area contributed by atoms with E-state index in [-0.39, 0.29) is 10.8 Å². The van der Waals surface area contributed by atoms with Crippen LogP contribution in [0.1, 0.15) is 103 Å². The predicted molar refractivity (Wildman–Crippen MR) is 162 cm³/mol. The van der Waals surface area contributed by atoms with E-state index in [1.807, 2.05) is 12.4 Å². The average molecular weight is 507 g/mol. The van der Waals surface area contributed by atoms with Crippen molar-refractivity contribution in [2.45, 2.75) is 97.8 Å². The second-order valence-electron chi connectivity index (χ2n) is 12.2. The van der Waals surface area contributed by atoms with Crippen LogP contribution in [0.3, 0.4) is 0 Å². The van der Waals surface area contributed by atoms with Crippen LogP contribution in [0.5, 0.6) is 0 Å². The standard InChI is InChI=1S/C36H46N2/c1-4-5-6-7-8-9-10-11-12-13-15-27-24-33(28-16-14-23-38-26-28)35(2)22-21-32-31(34(27)35)20-18-29-17-19-30(37)25-36(29,32)3/h14,16-24,26H,4-13,15,25,37H2,1-3H3/t35-,36+/m0/s1. The summed E-state index contributed by atoms with van der Waals surface area (Å²) in [5, 5.41) is 0. The van der Waals surface area contributed by atoms with E-state index in [4.69, 9.17) is 5.73 Å². The SMILES string of the molecule is CCCCCCCCCCCCC1=C2C3=C(C=C[C@@]2(C)C(c2cccnc2)=C1)[C@]1(C)CC(N)=CC=C1C=C3. The molecule has 0 unspecified atom stereocenters. The van der Waals surface area contributed by atoms with Gasteiger partial charge in [-0.1, -0.05) is 114 Å². The molecule has 2 N–H and O–H groups in total. The van der Waals surface area contributed by atoms with Crippen molar-refractivity contribution in [3.05, 3.63) is 106 Å². The Morgan fingerprint density at radius 1 is 0.895 bits per heavy atom. The number of pyridine rings is 1. The van der Waals surface area contributed by atoms with Crippen molar-refractivity contribution in [3.63, 3.8) is 0 Å². The highest BCUT2D eigenvalue weighted by molar-refractivity contribution is 5.86. The molecule has 4 aliphatic rings. The first-order valence-corrected chi connectivity index (χ1v) is 15.1. The summed E-state index contributed by atoms with van der Waals surface area (Å²) in [7, 11) is 0. The van der Waals surface area contributed by atoms with Gasteiger partial charge in [0, 0.05) is 35.3 Å². The minimum Gasteiger partial charge on any atom is -0.402 e. The van der Waals surface area contributed by atoms with Crippen LogP contribution < -0.4 is 5.73 Å². The van der Waals surface area contributed by atoms with Gasteiger partial charge < -0.3 is 5.73 Å². The molecule has 0 fully saturated rings. The number of unbranched alkanes of at least 4 members (excludes halogenated alkanes) is 9. The van der Waals surface area contributed by atoms with Gasteiger partial charge in [-0.15, -0.1) is 0 Å². The summed E-state index contributed by atoms with van der Waals surface area (Å²) < 4.78 is 0. The third-order valence-corrected chi connectivity index (χ3v) is 9.33. The van der Waals surface area contributed by atoms with Gasteiger partial charge in [0.25, 0.3) is 0 Å². The number of hydrogen-bond donors (Lipinski definition) is 1. The van der Waals surface area contributed by atoms with Gasteiger partial charge in [0.15, 0.2) is 0 Å². The van der Waals surface area contributed by atoms with Crippen LogP contribution in [0.25, 0.3) is 5.57 Å². The van der Waals surface area contributed by atoms with Crippen LogP contribution in [-0.2, 0) is 0 Å². The molecule has 2 nitrogen and oxygen atoms in total. The molecule has 0 saturated carbocycles. The van der Waals surface area contributed by atoms with Gasteiger partial charge in [-0.3, -0.25) is 4.98 Å². The van der Waals surface area contributed by atoms with E-state index >= 15 is 0 Å². The van der Waals surface area contributed by atoms with Crippen molar-refractivity contribution in [1.29, 1.82) is 0 Å². The number of fused-ring (bicyclic) bond motifs is 4. The molecule has 0 aliphatic heterocycles. The lowest BCUT2D eigenvalue weighted by Gasteiger charge is -2.44. The maximum absolute atomic E-state index is 6.37. The van der Waals surface area contributed by atoms with E-state index in [9.17, 15) is 0 Å². The molecule has 0 bridgehead atoms. The lowest BCUT2D eigenvalue weighted by molar-refractivity contribution is 0.474. The number of rotatable bonds is 12. The Morgan fingerprint density at radius 2 is 1.63 bits per heavy atom. The fourth-order valence-electron chi connectivity index (χ4n) is 7.14. The third kappa shape index (κ3) is 5.07. The normalized spacial score (nSPS) is 25.6. The molecule has 1 aromatic heterocycles.